The highest BCUT2D eigenvalue weighted by Crippen LogP contribution is 2.18. The van der Waals surface area contributed by atoms with E-state index in [1.807, 2.05) is 60.1 Å². The van der Waals surface area contributed by atoms with Crippen molar-refractivity contribution in [2.75, 3.05) is 18.0 Å². The number of carbonyl (C=O) groups is 1. The molecule has 3 aromatic rings. The van der Waals surface area contributed by atoms with Gasteiger partial charge in [0.05, 0.1) is 17.8 Å². The maximum absolute atomic E-state index is 12.6. The number of carbonyl (C=O) groups excluding carboxylic acids is 1. The number of pyridine rings is 2. The van der Waals surface area contributed by atoms with Crippen LogP contribution in [0.15, 0.2) is 48.8 Å². The minimum atomic E-state index is 0.0478. The van der Waals surface area contributed by atoms with Crippen LogP contribution in [0.25, 0.3) is 5.65 Å². The Morgan fingerprint density at radius 3 is 3.00 bits per heavy atom. The highest BCUT2D eigenvalue weighted by atomic mass is 16.1. The minimum Gasteiger partial charge on any atom is -0.355 e. The zero-order valence-corrected chi connectivity index (χ0v) is 14.9. The van der Waals surface area contributed by atoms with Gasteiger partial charge >= 0.3 is 0 Å². The molecule has 0 saturated carbocycles. The molecule has 1 saturated heterocycles. The fraction of sp³-hybridized carbons (Fsp3) is 0.350. The van der Waals surface area contributed by atoms with E-state index in [-0.39, 0.29) is 11.9 Å². The topological polar surface area (TPSA) is 62.5 Å². The molecule has 4 heterocycles. The number of piperidine rings is 1. The van der Waals surface area contributed by atoms with Crippen molar-refractivity contribution in [3.05, 3.63) is 60.2 Å². The van der Waals surface area contributed by atoms with Crippen molar-refractivity contribution in [2.24, 2.45) is 0 Å². The minimum absolute atomic E-state index is 0.0478. The normalized spacial score (nSPS) is 17.4. The zero-order chi connectivity index (χ0) is 17.9. The van der Waals surface area contributed by atoms with Gasteiger partial charge in [-0.2, -0.15) is 0 Å². The van der Waals surface area contributed by atoms with Gasteiger partial charge in [0.25, 0.3) is 0 Å². The second-order valence-corrected chi connectivity index (χ2v) is 6.79. The van der Waals surface area contributed by atoms with E-state index in [0.717, 1.165) is 48.8 Å². The van der Waals surface area contributed by atoms with Crippen LogP contribution in [0.2, 0.25) is 0 Å². The number of nitrogens with one attached hydrogen (secondary N) is 1. The van der Waals surface area contributed by atoms with Crippen LogP contribution in [0.1, 0.15) is 24.2 Å². The van der Waals surface area contributed by atoms with Crippen molar-refractivity contribution < 1.29 is 4.79 Å². The van der Waals surface area contributed by atoms with Gasteiger partial charge in [-0.1, -0.05) is 12.1 Å². The number of nitrogens with zero attached hydrogens (tertiary/aromatic N) is 4. The van der Waals surface area contributed by atoms with Gasteiger partial charge in [0, 0.05) is 31.5 Å². The van der Waals surface area contributed by atoms with E-state index >= 15 is 0 Å². The highest BCUT2D eigenvalue weighted by molar-refractivity contribution is 5.79. The van der Waals surface area contributed by atoms with Crippen molar-refractivity contribution in [1.82, 2.24) is 19.7 Å². The van der Waals surface area contributed by atoms with Crippen LogP contribution >= 0.6 is 0 Å². The van der Waals surface area contributed by atoms with Crippen molar-refractivity contribution >= 4 is 17.4 Å². The van der Waals surface area contributed by atoms with Gasteiger partial charge in [0.15, 0.2) is 0 Å². The average Bonchev–Trinajstić information content (AvgIpc) is 2.98. The number of hydrogen-bond donors (Lipinski definition) is 1. The van der Waals surface area contributed by atoms with Crippen LogP contribution in [0.5, 0.6) is 0 Å². The van der Waals surface area contributed by atoms with Crippen LogP contribution in [0.4, 0.5) is 5.82 Å². The van der Waals surface area contributed by atoms with Crippen molar-refractivity contribution in [3.8, 4) is 0 Å². The molecule has 6 nitrogen and oxygen atoms in total. The quantitative estimate of drug-likeness (QED) is 0.785. The second-order valence-electron chi connectivity index (χ2n) is 6.79. The number of aryl methyl sites for hydroxylation is 1. The summed E-state index contributed by atoms with van der Waals surface area (Å²) in [5, 5.41) is 3.20. The lowest BCUT2D eigenvalue weighted by molar-refractivity contribution is -0.121. The van der Waals surface area contributed by atoms with Gasteiger partial charge in [-0.25, -0.2) is 9.97 Å². The number of anilines is 1. The van der Waals surface area contributed by atoms with Gasteiger partial charge in [0.1, 0.15) is 11.5 Å². The molecule has 0 aliphatic carbocycles. The summed E-state index contributed by atoms with van der Waals surface area (Å²) in [5.41, 5.74) is 2.74. The summed E-state index contributed by atoms with van der Waals surface area (Å²) in [6.45, 7) is 3.74. The Bertz CT molecular complexity index is 905. The lowest BCUT2D eigenvalue weighted by Gasteiger charge is -2.34. The van der Waals surface area contributed by atoms with Crippen molar-refractivity contribution in [3.63, 3.8) is 0 Å². The third kappa shape index (κ3) is 3.40. The molecule has 134 valence electrons. The summed E-state index contributed by atoms with van der Waals surface area (Å²) in [6, 6.07) is 12.0. The molecule has 1 atom stereocenters. The molecule has 0 unspecified atom stereocenters. The predicted molar refractivity (Wildman–Crippen MR) is 101 cm³/mol. The van der Waals surface area contributed by atoms with Gasteiger partial charge in [-0.15, -0.1) is 0 Å². The fourth-order valence-electron chi connectivity index (χ4n) is 3.65. The number of rotatable bonds is 4. The van der Waals surface area contributed by atoms with Gasteiger partial charge < -0.3 is 14.6 Å². The third-order valence-corrected chi connectivity index (χ3v) is 4.92. The third-order valence-electron chi connectivity index (χ3n) is 4.92. The van der Waals surface area contributed by atoms with Crippen LogP contribution in [0, 0.1) is 6.92 Å². The van der Waals surface area contributed by atoms with Crippen LogP contribution in [-0.4, -0.2) is 39.4 Å². The van der Waals surface area contributed by atoms with Crippen molar-refractivity contribution in [2.45, 2.75) is 32.2 Å². The van der Waals surface area contributed by atoms with Crippen LogP contribution in [-0.2, 0) is 11.2 Å². The smallest absolute Gasteiger partial charge is 0.226 e. The Labute approximate surface area is 152 Å². The maximum atomic E-state index is 12.6. The van der Waals surface area contributed by atoms with Gasteiger partial charge in [-0.05, 0) is 44.0 Å². The van der Waals surface area contributed by atoms with E-state index in [4.69, 9.17) is 0 Å². The molecule has 0 spiro atoms. The summed E-state index contributed by atoms with van der Waals surface area (Å²) in [4.78, 5) is 23.8. The molecule has 1 amide bonds. The summed E-state index contributed by atoms with van der Waals surface area (Å²) >= 11 is 0. The monoisotopic (exact) mass is 349 g/mol. The largest absolute Gasteiger partial charge is 0.355 e. The SMILES string of the molecule is Cc1nc2ccccn2c1CC(=O)N[C@H]1CCCN(c2ccccn2)C1. The standard InChI is InChI=1S/C20H23N5O/c1-15-17(25-12-5-3-9-19(25)22-15)13-20(26)23-16-7-6-11-24(14-16)18-8-2-4-10-21-18/h2-5,8-10,12,16H,6-7,11,13-14H2,1H3,(H,23,26)/t16-/m0/s1. The molecule has 0 bridgehead atoms. The Morgan fingerprint density at radius 2 is 2.15 bits per heavy atom. The molecule has 0 aromatic carbocycles. The first-order valence-electron chi connectivity index (χ1n) is 9.08. The number of amides is 1. The van der Waals surface area contributed by atoms with E-state index < -0.39 is 0 Å². The van der Waals surface area contributed by atoms with E-state index in [1.165, 1.54) is 0 Å². The first-order chi connectivity index (χ1) is 12.7. The van der Waals surface area contributed by atoms with E-state index in [9.17, 15) is 4.79 Å². The Morgan fingerprint density at radius 1 is 1.27 bits per heavy atom. The molecular weight excluding hydrogens is 326 g/mol. The molecule has 1 fully saturated rings. The van der Waals surface area contributed by atoms with Gasteiger partial charge in [0.2, 0.25) is 5.91 Å². The Kier molecular flexibility index (Phi) is 4.56. The van der Waals surface area contributed by atoms with E-state index in [0.29, 0.717) is 6.42 Å². The Balaban J connectivity index is 1.42. The first kappa shape index (κ1) is 16.6. The highest BCUT2D eigenvalue weighted by Gasteiger charge is 2.23. The summed E-state index contributed by atoms with van der Waals surface area (Å²) < 4.78 is 2.00. The molecule has 26 heavy (non-hydrogen) atoms. The number of imidazole rings is 1. The number of hydrogen-bond acceptors (Lipinski definition) is 4. The summed E-state index contributed by atoms with van der Waals surface area (Å²) in [6.07, 6.45) is 6.17. The summed E-state index contributed by atoms with van der Waals surface area (Å²) in [5.74, 6) is 1.02. The van der Waals surface area contributed by atoms with E-state index in [2.05, 4.69) is 20.2 Å². The fourth-order valence-corrected chi connectivity index (χ4v) is 3.65. The molecule has 1 aliphatic rings. The molecule has 0 radical (unpaired) electrons. The number of fused-ring (bicyclic) bond motifs is 1. The van der Waals surface area contributed by atoms with Crippen molar-refractivity contribution in [1.29, 1.82) is 0 Å². The van der Waals surface area contributed by atoms with Gasteiger partial charge in [-0.3, -0.25) is 4.79 Å². The number of aromatic nitrogens is 3. The summed E-state index contributed by atoms with van der Waals surface area (Å²) in [7, 11) is 0. The average molecular weight is 349 g/mol. The lowest BCUT2D eigenvalue weighted by atomic mass is 10.1. The molecule has 1 N–H and O–H groups in total. The molecule has 4 rings (SSSR count). The maximum Gasteiger partial charge on any atom is 0.226 e. The first-order valence-corrected chi connectivity index (χ1v) is 9.08. The second kappa shape index (κ2) is 7.15. The van der Waals surface area contributed by atoms with Crippen LogP contribution < -0.4 is 10.2 Å². The molecule has 1 aliphatic heterocycles. The van der Waals surface area contributed by atoms with E-state index in [1.54, 1.807) is 0 Å². The molecule has 3 aromatic heterocycles. The lowest BCUT2D eigenvalue weighted by Crippen LogP contribution is -2.48. The predicted octanol–water partition coefficient (Wildman–Crippen LogP) is 2.37. The molecule has 6 heteroatoms. The van der Waals surface area contributed by atoms with Crippen LogP contribution in [0.3, 0.4) is 0 Å². The Hall–Kier alpha value is -2.89. The zero-order valence-electron chi connectivity index (χ0n) is 14.9. The molecular formula is C20H23N5O.